The first-order valence-corrected chi connectivity index (χ1v) is 4.51. The van der Waals surface area contributed by atoms with Crippen LogP contribution in [-0.4, -0.2) is 37.2 Å². The van der Waals surface area contributed by atoms with E-state index in [4.69, 9.17) is 16.2 Å². The molecule has 0 aliphatic carbocycles. The topological polar surface area (TPSA) is 90.4 Å². The van der Waals surface area contributed by atoms with Crippen LogP contribution in [0.3, 0.4) is 0 Å². The Bertz CT molecular complexity index is 186. The van der Waals surface area contributed by atoms with Crippen LogP contribution in [0.15, 0.2) is 0 Å². The summed E-state index contributed by atoms with van der Waals surface area (Å²) in [6.07, 6.45) is 1.16. The van der Waals surface area contributed by atoms with E-state index < -0.39 is 11.9 Å². The van der Waals surface area contributed by atoms with Crippen molar-refractivity contribution in [2.75, 3.05) is 13.2 Å². The number of carbonyl (C=O) groups excluding carboxylic acids is 1. The fraction of sp³-hybridized carbons (Fsp3) is 0.875. The zero-order valence-corrected chi connectivity index (χ0v) is 7.82. The maximum absolute atomic E-state index is 10.6. The van der Waals surface area contributed by atoms with E-state index >= 15 is 0 Å². The molecule has 1 fully saturated rings. The van der Waals surface area contributed by atoms with Crippen molar-refractivity contribution in [3.8, 4) is 0 Å². The van der Waals surface area contributed by atoms with Crippen molar-refractivity contribution in [2.45, 2.75) is 31.5 Å². The molecule has 5 nitrogen and oxygen atoms in total. The molecular formula is C8H17N3O2. The van der Waals surface area contributed by atoms with Crippen LogP contribution in [0.1, 0.15) is 13.3 Å². The van der Waals surface area contributed by atoms with E-state index in [1.165, 1.54) is 0 Å². The number of hydrogen-bond acceptors (Lipinski definition) is 4. The van der Waals surface area contributed by atoms with Gasteiger partial charge in [0, 0.05) is 19.2 Å². The molecular weight excluding hydrogens is 170 g/mol. The van der Waals surface area contributed by atoms with Gasteiger partial charge < -0.3 is 21.5 Å². The fourth-order valence-corrected chi connectivity index (χ4v) is 1.38. The lowest BCUT2D eigenvalue weighted by Crippen LogP contribution is -2.48. The normalized spacial score (nSPS) is 30.3. The first-order valence-electron chi connectivity index (χ1n) is 4.51. The standard InChI is InChI=1S/C8H17N3O2/c1-5-7(2-3-13-5)11-4-6(9)8(10)12/h5-7,11H,2-4,9H2,1H3,(H2,10,12). The molecule has 1 rings (SSSR count). The van der Waals surface area contributed by atoms with Crippen LogP contribution in [0.5, 0.6) is 0 Å². The molecule has 5 heteroatoms. The van der Waals surface area contributed by atoms with Gasteiger partial charge in [-0.15, -0.1) is 0 Å². The highest BCUT2D eigenvalue weighted by Gasteiger charge is 2.24. The lowest BCUT2D eigenvalue weighted by molar-refractivity contribution is -0.119. The summed E-state index contributed by atoms with van der Waals surface area (Å²) >= 11 is 0. The maximum Gasteiger partial charge on any atom is 0.235 e. The number of hydrogen-bond donors (Lipinski definition) is 3. The smallest absolute Gasteiger partial charge is 0.235 e. The molecule has 13 heavy (non-hydrogen) atoms. The third kappa shape index (κ3) is 2.95. The van der Waals surface area contributed by atoms with E-state index in [2.05, 4.69) is 5.32 Å². The lowest BCUT2D eigenvalue weighted by atomic mass is 10.1. The molecule has 0 spiro atoms. The van der Waals surface area contributed by atoms with Gasteiger partial charge in [-0.2, -0.15) is 0 Å². The molecule has 1 saturated heterocycles. The summed E-state index contributed by atoms with van der Waals surface area (Å²) in [5.41, 5.74) is 10.5. The van der Waals surface area contributed by atoms with Crippen molar-refractivity contribution in [1.29, 1.82) is 0 Å². The van der Waals surface area contributed by atoms with Crippen molar-refractivity contribution in [3.63, 3.8) is 0 Å². The highest BCUT2D eigenvalue weighted by molar-refractivity contribution is 5.79. The number of rotatable bonds is 4. The Hall–Kier alpha value is -0.650. The van der Waals surface area contributed by atoms with Crippen LogP contribution in [0, 0.1) is 0 Å². The molecule has 5 N–H and O–H groups in total. The minimum Gasteiger partial charge on any atom is -0.377 e. The molecule has 0 radical (unpaired) electrons. The Labute approximate surface area is 77.8 Å². The van der Waals surface area contributed by atoms with Crippen molar-refractivity contribution in [3.05, 3.63) is 0 Å². The summed E-state index contributed by atoms with van der Waals surface area (Å²) in [6.45, 7) is 3.19. The van der Waals surface area contributed by atoms with Crippen molar-refractivity contribution in [2.24, 2.45) is 11.5 Å². The van der Waals surface area contributed by atoms with Gasteiger partial charge in [-0.1, -0.05) is 0 Å². The van der Waals surface area contributed by atoms with Crippen LogP contribution in [0.25, 0.3) is 0 Å². The number of primary amides is 1. The van der Waals surface area contributed by atoms with E-state index in [-0.39, 0.29) is 6.10 Å². The molecule has 3 unspecified atom stereocenters. The summed E-state index contributed by atoms with van der Waals surface area (Å²) in [7, 11) is 0. The van der Waals surface area contributed by atoms with Crippen LogP contribution in [-0.2, 0) is 9.53 Å². The minimum absolute atomic E-state index is 0.195. The van der Waals surface area contributed by atoms with Gasteiger partial charge in [0.1, 0.15) is 0 Å². The average Bonchev–Trinajstić information content (AvgIpc) is 2.47. The van der Waals surface area contributed by atoms with Crippen LogP contribution in [0.4, 0.5) is 0 Å². The molecule has 76 valence electrons. The van der Waals surface area contributed by atoms with E-state index in [1.54, 1.807) is 0 Å². The molecule has 0 saturated carbocycles. The highest BCUT2D eigenvalue weighted by atomic mass is 16.5. The molecule has 0 aromatic rings. The van der Waals surface area contributed by atoms with Gasteiger partial charge in [0.05, 0.1) is 12.1 Å². The van der Waals surface area contributed by atoms with Gasteiger partial charge in [0.25, 0.3) is 0 Å². The molecule has 0 bridgehead atoms. The quantitative estimate of drug-likeness (QED) is 0.503. The zero-order valence-electron chi connectivity index (χ0n) is 7.82. The SMILES string of the molecule is CC1OCCC1NCC(N)C(N)=O. The van der Waals surface area contributed by atoms with E-state index in [0.717, 1.165) is 13.0 Å². The third-order valence-corrected chi connectivity index (χ3v) is 2.34. The maximum atomic E-state index is 10.6. The van der Waals surface area contributed by atoms with Gasteiger partial charge >= 0.3 is 0 Å². The Balaban J connectivity index is 2.22. The second kappa shape index (κ2) is 4.55. The largest absolute Gasteiger partial charge is 0.377 e. The van der Waals surface area contributed by atoms with Gasteiger partial charge in [-0.25, -0.2) is 0 Å². The number of amides is 1. The molecule has 1 amide bonds. The van der Waals surface area contributed by atoms with Crippen LogP contribution in [0.2, 0.25) is 0 Å². The number of nitrogens with two attached hydrogens (primary N) is 2. The Kier molecular flexibility index (Phi) is 3.65. The van der Waals surface area contributed by atoms with Crippen molar-refractivity contribution >= 4 is 5.91 Å². The highest BCUT2D eigenvalue weighted by Crippen LogP contribution is 2.11. The predicted molar refractivity (Wildman–Crippen MR) is 49.0 cm³/mol. The Morgan fingerprint density at radius 2 is 2.46 bits per heavy atom. The molecule has 1 aliphatic heterocycles. The van der Waals surface area contributed by atoms with E-state index in [9.17, 15) is 4.79 Å². The average molecular weight is 187 g/mol. The molecule has 0 aromatic carbocycles. The first-order chi connectivity index (χ1) is 6.11. The molecule has 1 heterocycles. The summed E-state index contributed by atoms with van der Waals surface area (Å²) in [6, 6.07) is -0.307. The molecule has 3 atom stereocenters. The van der Waals surface area contributed by atoms with Crippen molar-refractivity contribution < 1.29 is 9.53 Å². The van der Waals surface area contributed by atoms with Gasteiger partial charge in [-0.05, 0) is 13.3 Å². The number of carbonyl (C=O) groups is 1. The molecule has 0 aromatic heterocycles. The summed E-state index contributed by atoms with van der Waals surface area (Å²) < 4.78 is 5.34. The summed E-state index contributed by atoms with van der Waals surface area (Å²) in [4.78, 5) is 10.6. The van der Waals surface area contributed by atoms with E-state index in [0.29, 0.717) is 12.6 Å². The fourth-order valence-electron chi connectivity index (χ4n) is 1.38. The monoisotopic (exact) mass is 187 g/mol. The molecule has 1 aliphatic rings. The third-order valence-electron chi connectivity index (χ3n) is 2.34. The zero-order chi connectivity index (χ0) is 9.84. The Morgan fingerprint density at radius 1 is 1.77 bits per heavy atom. The van der Waals surface area contributed by atoms with E-state index in [1.807, 2.05) is 6.92 Å². The number of ether oxygens (including phenoxy) is 1. The summed E-state index contributed by atoms with van der Waals surface area (Å²) in [5.74, 6) is -0.473. The van der Waals surface area contributed by atoms with Gasteiger partial charge in [0.15, 0.2) is 0 Å². The Morgan fingerprint density at radius 3 is 2.92 bits per heavy atom. The first kappa shape index (κ1) is 10.4. The second-order valence-corrected chi connectivity index (χ2v) is 3.39. The van der Waals surface area contributed by atoms with Crippen molar-refractivity contribution in [1.82, 2.24) is 5.32 Å². The van der Waals surface area contributed by atoms with Crippen LogP contribution < -0.4 is 16.8 Å². The van der Waals surface area contributed by atoms with Gasteiger partial charge in [0.2, 0.25) is 5.91 Å². The minimum atomic E-state index is -0.604. The number of nitrogens with one attached hydrogen (secondary N) is 1. The predicted octanol–water partition coefficient (Wildman–Crippen LogP) is -1.43. The lowest BCUT2D eigenvalue weighted by Gasteiger charge is -2.17. The summed E-state index contributed by atoms with van der Waals surface area (Å²) in [5, 5.41) is 3.16. The van der Waals surface area contributed by atoms with Gasteiger partial charge in [-0.3, -0.25) is 4.79 Å². The van der Waals surface area contributed by atoms with Crippen LogP contribution >= 0.6 is 0 Å². The second-order valence-electron chi connectivity index (χ2n) is 3.39.